The first kappa shape index (κ1) is 24.7. The number of hydrazone groups is 1. The molecule has 0 aliphatic carbocycles. The maximum atomic E-state index is 12.5. The number of aliphatic imine (C=N–C) groups is 1. The van der Waals surface area contributed by atoms with Crippen molar-refractivity contribution in [2.45, 2.75) is 26.7 Å². The molecular formula is C26H28N4O4S. The molecule has 8 nitrogen and oxygen atoms in total. The second-order valence-corrected chi connectivity index (χ2v) is 9.00. The Morgan fingerprint density at radius 2 is 1.60 bits per heavy atom. The molecule has 0 saturated heterocycles. The van der Waals surface area contributed by atoms with Gasteiger partial charge in [0.05, 0.1) is 18.8 Å². The van der Waals surface area contributed by atoms with E-state index in [2.05, 4.69) is 17.0 Å². The van der Waals surface area contributed by atoms with Crippen LogP contribution in [0.1, 0.15) is 30.9 Å². The first-order valence-electron chi connectivity index (χ1n) is 11.5. The number of aryl methyl sites for hydroxylation is 1. The molecule has 1 amide bonds. The van der Waals surface area contributed by atoms with Gasteiger partial charge < -0.3 is 14.2 Å². The number of nitrogens with one attached hydrogen (secondary N) is 1. The number of ether oxygens (including phenoxy) is 3. The van der Waals surface area contributed by atoms with E-state index in [-0.39, 0.29) is 11.4 Å². The number of fused-ring (bicyclic) bond motifs is 1. The van der Waals surface area contributed by atoms with Gasteiger partial charge in [-0.3, -0.25) is 10.2 Å². The number of rotatable bonds is 11. The predicted octanol–water partition coefficient (Wildman–Crippen LogP) is 4.89. The van der Waals surface area contributed by atoms with Crippen LogP contribution in [0.15, 0.2) is 64.2 Å². The van der Waals surface area contributed by atoms with E-state index in [9.17, 15) is 4.79 Å². The SMILES string of the molecule is CCCC1=NN2C(=N)/C(=C/c3ccc(OCCOCCOc4ccc(C)cc4)cc3)C(=O)N=C2S1. The second kappa shape index (κ2) is 11.8. The van der Waals surface area contributed by atoms with Crippen LogP contribution in [0.5, 0.6) is 11.5 Å². The summed E-state index contributed by atoms with van der Waals surface area (Å²) in [5.41, 5.74) is 2.19. The minimum Gasteiger partial charge on any atom is -0.491 e. The van der Waals surface area contributed by atoms with Gasteiger partial charge in [0.2, 0.25) is 5.17 Å². The Hall–Kier alpha value is -3.43. The summed E-state index contributed by atoms with van der Waals surface area (Å²) in [6.45, 7) is 5.92. The third-order valence-corrected chi connectivity index (χ3v) is 6.13. The van der Waals surface area contributed by atoms with E-state index in [1.807, 2.05) is 55.5 Å². The predicted molar refractivity (Wildman–Crippen MR) is 139 cm³/mol. The maximum Gasteiger partial charge on any atom is 0.283 e. The van der Waals surface area contributed by atoms with Gasteiger partial charge in [0.25, 0.3) is 5.91 Å². The van der Waals surface area contributed by atoms with Crippen molar-refractivity contribution in [3.8, 4) is 11.5 Å². The van der Waals surface area contributed by atoms with E-state index in [1.54, 1.807) is 6.08 Å². The molecule has 4 rings (SSSR count). The van der Waals surface area contributed by atoms with Gasteiger partial charge in [-0.1, -0.05) is 36.8 Å². The second-order valence-electron chi connectivity index (χ2n) is 7.96. The monoisotopic (exact) mass is 492 g/mol. The van der Waals surface area contributed by atoms with Crippen LogP contribution in [0.3, 0.4) is 0 Å². The molecule has 2 aromatic carbocycles. The molecule has 2 aliphatic rings. The molecule has 0 saturated carbocycles. The molecule has 2 aliphatic heterocycles. The Morgan fingerprint density at radius 1 is 0.971 bits per heavy atom. The van der Waals surface area contributed by atoms with Crippen LogP contribution in [0.4, 0.5) is 0 Å². The van der Waals surface area contributed by atoms with Crippen LogP contribution in [0.25, 0.3) is 6.08 Å². The highest BCUT2D eigenvalue weighted by molar-refractivity contribution is 8.26. The summed E-state index contributed by atoms with van der Waals surface area (Å²) in [6, 6.07) is 15.2. The number of amidine groups is 2. The molecule has 0 bridgehead atoms. The lowest BCUT2D eigenvalue weighted by molar-refractivity contribution is -0.114. The Labute approximate surface area is 209 Å². The average molecular weight is 493 g/mol. The molecular weight excluding hydrogens is 464 g/mol. The van der Waals surface area contributed by atoms with Crippen LogP contribution in [-0.2, 0) is 9.53 Å². The van der Waals surface area contributed by atoms with E-state index in [1.165, 1.54) is 22.3 Å². The summed E-state index contributed by atoms with van der Waals surface area (Å²) in [5, 5.41) is 15.6. The molecule has 1 N–H and O–H groups in total. The van der Waals surface area contributed by atoms with Gasteiger partial charge in [-0.25, -0.2) is 0 Å². The standard InChI is InChI=1S/C26H28N4O4S/c1-3-4-23-29-30-24(27)22(25(31)28-26(30)35-23)17-19-7-11-21(12-8-19)34-16-14-32-13-15-33-20-9-5-18(2)6-10-20/h5-12,17,27H,3-4,13-16H2,1-2H3/b22-17-,27-24?. The fraction of sp³-hybridized carbons (Fsp3) is 0.308. The van der Waals surface area contributed by atoms with Crippen LogP contribution in [0.2, 0.25) is 0 Å². The highest BCUT2D eigenvalue weighted by Gasteiger charge is 2.35. The Balaban J connectivity index is 1.22. The molecule has 2 aromatic rings. The van der Waals surface area contributed by atoms with Gasteiger partial charge in [-0.2, -0.15) is 15.1 Å². The minimum atomic E-state index is -0.425. The van der Waals surface area contributed by atoms with Crippen molar-refractivity contribution in [2.75, 3.05) is 26.4 Å². The molecule has 0 aromatic heterocycles. The number of hydrogen-bond donors (Lipinski definition) is 1. The fourth-order valence-electron chi connectivity index (χ4n) is 3.35. The van der Waals surface area contributed by atoms with Gasteiger partial charge in [0.1, 0.15) is 29.8 Å². The normalized spacial score (nSPS) is 16.3. The van der Waals surface area contributed by atoms with Gasteiger partial charge in [0, 0.05) is 0 Å². The zero-order valence-electron chi connectivity index (χ0n) is 19.8. The van der Waals surface area contributed by atoms with Crippen molar-refractivity contribution < 1.29 is 19.0 Å². The fourth-order valence-corrected chi connectivity index (χ4v) is 4.33. The molecule has 0 unspecified atom stereocenters. The molecule has 0 spiro atoms. The molecule has 182 valence electrons. The van der Waals surface area contributed by atoms with Crippen LogP contribution < -0.4 is 9.47 Å². The van der Waals surface area contributed by atoms with E-state index in [0.717, 1.165) is 29.2 Å². The first-order chi connectivity index (χ1) is 17.0. The van der Waals surface area contributed by atoms with Crippen LogP contribution in [0, 0.1) is 12.3 Å². The number of benzene rings is 2. The van der Waals surface area contributed by atoms with Gasteiger partial charge in [-0.15, -0.1) is 0 Å². The van der Waals surface area contributed by atoms with Crippen molar-refractivity contribution >= 4 is 39.8 Å². The molecule has 0 atom stereocenters. The third kappa shape index (κ3) is 6.58. The third-order valence-electron chi connectivity index (χ3n) is 5.17. The van der Waals surface area contributed by atoms with Crippen LogP contribution in [-0.4, -0.2) is 53.4 Å². The summed E-state index contributed by atoms with van der Waals surface area (Å²) < 4.78 is 16.9. The number of amides is 1. The molecule has 2 heterocycles. The van der Waals surface area contributed by atoms with E-state index in [0.29, 0.717) is 37.3 Å². The molecule has 35 heavy (non-hydrogen) atoms. The highest BCUT2D eigenvalue weighted by Crippen LogP contribution is 2.29. The highest BCUT2D eigenvalue weighted by atomic mass is 32.2. The van der Waals surface area contributed by atoms with E-state index >= 15 is 0 Å². The largest absolute Gasteiger partial charge is 0.491 e. The van der Waals surface area contributed by atoms with Gasteiger partial charge >= 0.3 is 0 Å². The van der Waals surface area contributed by atoms with Crippen molar-refractivity contribution in [2.24, 2.45) is 10.1 Å². The van der Waals surface area contributed by atoms with Crippen molar-refractivity contribution in [1.29, 1.82) is 5.41 Å². The lowest BCUT2D eigenvalue weighted by Crippen LogP contribution is -2.35. The zero-order chi connectivity index (χ0) is 24.6. The maximum absolute atomic E-state index is 12.5. The Morgan fingerprint density at radius 3 is 2.23 bits per heavy atom. The number of carbonyl (C=O) groups excluding carboxylic acids is 1. The smallest absolute Gasteiger partial charge is 0.283 e. The summed E-state index contributed by atoms with van der Waals surface area (Å²) in [7, 11) is 0. The molecule has 0 fully saturated rings. The van der Waals surface area contributed by atoms with Gasteiger partial charge in [0.15, 0.2) is 5.84 Å². The lowest BCUT2D eigenvalue weighted by atomic mass is 10.1. The summed E-state index contributed by atoms with van der Waals surface area (Å²) >= 11 is 1.35. The van der Waals surface area contributed by atoms with E-state index in [4.69, 9.17) is 19.6 Å². The molecule has 9 heteroatoms. The van der Waals surface area contributed by atoms with Crippen LogP contribution >= 0.6 is 11.8 Å². The van der Waals surface area contributed by atoms with E-state index < -0.39 is 5.91 Å². The van der Waals surface area contributed by atoms with Crippen molar-refractivity contribution in [3.63, 3.8) is 0 Å². The number of nitrogens with zero attached hydrogens (tertiary/aromatic N) is 3. The minimum absolute atomic E-state index is 0.0439. The average Bonchev–Trinajstić information content (AvgIpc) is 3.26. The Kier molecular flexibility index (Phi) is 8.33. The van der Waals surface area contributed by atoms with Crippen molar-refractivity contribution in [1.82, 2.24) is 5.01 Å². The first-order valence-corrected chi connectivity index (χ1v) is 12.3. The molecule has 0 radical (unpaired) electrons. The summed E-state index contributed by atoms with van der Waals surface area (Å²) in [4.78, 5) is 16.6. The number of hydrogen-bond acceptors (Lipinski definition) is 7. The van der Waals surface area contributed by atoms with Gasteiger partial charge in [-0.05, 0) is 67.4 Å². The number of carbonyl (C=O) groups is 1. The summed E-state index contributed by atoms with van der Waals surface area (Å²) in [5.74, 6) is 1.14. The summed E-state index contributed by atoms with van der Waals surface area (Å²) in [6.07, 6.45) is 3.40. The van der Waals surface area contributed by atoms with Crippen molar-refractivity contribution in [3.05, 3.63) is 65.2 Å². The topological polar surface area (TPSA) is 96.6 Å². The number of thioether (sulfide) groups is 1. The lowest BCUT2D eigenvalue weighted by Gasteiger charge is -2.20. The Bertz CT molecular complexity index is 1160. The zero-order valence-corrected chi connectivity index (χ0v) is 20.6. The quantitative estimate of drug-likeness (QED) is 0.354.